The van der Waals surface area contributed by atoms with Gasteiger partial charge in [0.1, 0.15) is 5.82 Å². The third-order valence-corrected chi connectivity index (χ3v) is 7.10. The van der Waals surface area contributed by atoms with Crippen molar-refractivity contribution in [3.05, 3.63) is 53.0 Å². The van der Waals surface area contributed by atoms with E-state index >= 15 is 0 Å². The molecule has 1 aromatic carbocycles. The fraction of sp³-hybridized carbons (Fsp3) is 0.536. The number of nitrogens with one attached hydrogen (secondary N) is 2. The Kier molecular flexibility index (Phi) is 7.59. The Morgan fingerprint density at radius 2 is 1.82 bits per heavy atom. The highest BCUT2D eigenvalue weighted by atomic mass is 15.3. The van der Waals surface area contributed by atoms with Crippen molar-refractivity contribution in [1.82, 2.24) is 20.1 Å². The SMILES string of the molecule is CCc1cc2nc(C3=CC=C(N4CCC4)NC3)cc(NCC(CC)CN(C)C)c2cc1CC. The second-order valence-electron chi connectivity index (χ2n) is 9.76. The van der Waals surface area contributed by atoms with E-state index in [1.165, 1.54) is 46.4 Å². The van der Waals surface area contributed by atoms with Crippen LogP contribution in [0.3, 0.4) is 0 Å². The zero-order valence-electron chi connectivity index (χ0n) is 21.2. The van der Waals surface area contributed by atoms with Gasteiger partial charge in [-0.15, -0.1) is 0 Å². The first-order chi connectivity index (χ1) is 16.0. The Hall–Kier alpha value is -2.53. The number of nitrogens with zero attached hydrogens (tertiary/aromatic N) is 3. The van der Waals surface area contributed by atoms with E-state index in [4.69, 9.17) is 4.98 Å². The summed E-state index contributed by atoms with van der Waals surface area (Å²) in [5.74, 6) is 1.87. The van der Waals surface area contributed by atoms with Crippen molar-refractivity contribution in [2.75, 3.05) is 52.1 Å². The molecule has 0 spiro atoms. The van der Waals surface area contributed by atoms with Crippen molar-refractivity contribution in [2.24, 2.45) is 5.92 Å². The van der Waals surface area contributed by atoms with Gasteiger partial charge in [-0.05, 0) is 80.3 Å². The predicted molar refractivity (Wildman–Crippen MR) is 142 cm³/mol. The summed E-state index contributed by atoms with van der Waals surface area (Å²) in [6.45, 7) is 12.0. The number of likely N-dealkylation sites (tertiary alicyclic amines) is 1. The molecule has 2 aliphatic heterocycles. The number of fused-ring (bicyclic) bond motifs is 1. The molecular weight excluding hydrogens is 406 g/mol. The molecule has 2 aliphatic rings. The second-order valence-corrected chi connectivity index (χ2v) is 9.76. The van der Waals surface area contributed by atoms with E-state index in [0.29, 0.717) is 5.92 Å². The summed E-state index contributed by atoms with van der Waals surface area (Å²) >= 11 is 0. The molecular formula is C28H41N5. The van der Waals surface area contributed by atoms with Gasteiger partial charge in [-0.3, -0.25) is 0 Å². The molecule has 1 atom stereocenters. The van der Waals surface area contributed by atoms with Gasteiger partial charge in [-0.1, -0.05) is 33.3 Å². The molecule has 3 heterocycles. The topological polar surface area (TPSA) is 43.4 Å². The number of aryl methyl sites for hydroxylation is 2. The lowest BCUT2D eigenvalue weighted by Crippen LogP contribution is -2.42. The fourth-order valence-electron chi connectivity index (χ4n) is 4.87. The molecule has 0 bridgehead atoms. The standard InChI is InChI=1S/C28H41N5/c1-6-20(19-32(4)5)17-29-26-16-25(23-10-11-28(30-18-23)33-12-9-13-33)31-27-15-22(8-3)21(7-2)14-24(26)27/h10-11,14-16,20,30H,6-9,12-13,17-19H2,1-5H3,(H,29,31). The Morgan fingerprint density at radius 3 is 2.39 bits per heavy atom. The van der Waals surface area contributed by atoms with Gasteiger partial charge < -0.3 is 20.4 Å². The number of allylic oxidation sites excluding steroid dienone is 2. The van der Waals surface area contributed by atoms with E-state index in [9.17, 15) is 0 Å². The maximum Gasteiger partial charge on any atom is 0.102 e. The lowest BCUT2D eigenvalue weighted by molar-refractivity contribution is 0.223. The minimum atomic E-state index is 0.616. The van der Waals surface area contributed by atoms with Crippen LogP contribution in [0.1, 0.15) is 50.4 Å². The molecule has 0 radical (unpaired) electrons. The normalized spacial score (nSPS) is 16.8. The highest BCUT2D eigenvalue weighted by Gasteiger charge is 2.20. The number of anilines is 1. The van der Waals surface area contributed by atoms with Crippen LogP contribution in [-0.4, -0.2) is 61.6 Å². The van der Waals surface area contributed by atoms with E-state index in [2.05, 4.69) is 85.7 Å². The van der Waals surface area contributed by atoms with E-state index < -0.39 is 0 Å². The minimum absolute atomic E-state index is 0.616. The maximum atomic E-state index is 5.14. The van der Waals surface area contributed by atoms with E-state index in [1.807, 2.05) is 0 Å². The molecule has 2 aromatic rings. The minimum Gasteiger partial charge on any atom is -0.384 e. The number of rotatable bonds is 10. The largest absolute Gasteiger partial charge is 0.384 e. The zero-order valence-corrected chi connectivity index (χ0v) is 21.2. The monoisotopic (exact) mass is 447 g/mol. The first kappa shape index (κ1) is 23.6. The molecule has 5 heteroatoms. The molecule has 5 nitrogen and oxygen atoms in total. The first-order valence-electron chi connectivity index (χ1n) is 12.8. The summed E-state index contributed by atoms with van der Waals surface area (Å²) in [7, 11) is 4.32. The smallest absolute Gasteiger partial charge is 0.102 e. The summed E-state index contributed by atoms with van der Waals surface area (Å²) < 4.78 is 0. The number of dihydropyridines is 1. The fourth-order valence-corrected chi connectivity index (χ4v) is 4.87. The van der Waals surface area contributed by atoms with Crippen LogP contribution in [0, 0.1) is 5.92 Å². The van der Waals surface area contributed by atoms with Crippen LogP contribution in [0.2, 0.25) is 0 Å². The van der Waals surface area contributed by atoms with Crippen LogP contribution in [-0.2, 0) is 12.8 Å². The lowest BCUT2D eigenvalue weighted by Gasteiger charge is -2.36. The summed E-state index contributed by atoms with van der Waals surface area (Å²) in [5.41, 5.74) is 7.48. The van der Waals surface area contributed by atoms with Crippen LogP contribution in [0.25, 0.3) is 16.5 Å². The van der Waals surface area contributed by atoms with Gasteiger partial charge in [0.15, 0.2) is 0 Å². The number of hydrogen-bond donors (Lipinski definition) is 2. The summed E-state index contributed by atoms with van der Waals surface area (Å²) in [6, 6.07) is 6.96. The van der Waals surface area contributed by atoms with Crippen molar-refractivity contribution >= 4 is 22.2 Å². The van der Waals surface area contributed by atoms with Crippen molar-refractivity contribution < 1.29 is 0 Å². The molecule has 178 valence electrons. The van der Waals surface area contributed by atoms with Gasteiger partial charge in [0.25, 0.3) is 0 Å². The van der Waals surface area contributed by atoms with Gasteiger partial charge in [0.2, 0.25) is 0 Å². The molecule has 33 heavy (non-hydrogen) atoms. The van der Waals surface area contributed by atoms with Crippen molar-refractivity contribution in [1.29, 1.82) is 0 Å². The molecule has 0 amide bonds. The predicted octanol–water partition coefficient (Wildman–Crippen LogP) is 4.89. The van der Waals surface area contributed by atoms with Gasteiger partial charge in [-0.2, -0.15) is 0 Å². The Morgan fingerprint density at radius 1 is 1.06 bits per heavy atom. The van der Waals surface area contributed by atoms with E-state index in [-0.39, 0.29) is 0 Å². The van der Waals surface area contributed by atoms with Crippen LogP contribution in [0.15, 0.2) is 36.2 Å². The Bertz CT molecular complexity index is 1030. The van der Waals surface area contributed by atoms with E-state index in [0.717, 1.165) is 56.8 Å². The molecule has 4 rings (SSSR count). The third kappa shape index (κ3) is 5.35. The van der Waals surface area contributed by atoms with Gasteiger partial charge in [0.05, 0.1) is 11.2 Å². The van der Waals surface area contributed by atoms with Crippen molar-refractivity contribution in [2.45, 2.75) is 46.5 Å². The lowest BCUT2D eigenvalue weighted by atomic mass is 9.97. The molecule has 1 aromatic heterocycles. The second kappa shape index (κ2) is 10.6. The summed E-state index contributed by atoms with van der Waals surface area (Å²) in [6.07, 6.45) is 9.03. The Balaban J connectivity index is 1.70. The van der Waals surface area contributed by atoms with Gasteiger partial charge in [0, 0.05) is 43.8 Å². The number of pyridine rings is 1. The van der Waals surface area contributed by atoms with Crippen molar-refractivity contribution in [3.8, 4) is 0 Å². The molecule has 1 unspecified atom stereocenters. The average molecular weight is 448 g/mol. The first-order valence-corrected chi connectivity index (χ1v) is 12.8. The summed E-state index contributed by atoms with van der Waals surface area (Å²) in [5, 5.41) is 8.68. The zero-order chi connectivity index (χ0) is 23.4. The number of hydrogen-bond acceptors (Lipinski definition) is 5. The quantitative estimate of drug-likeness (QED) is 0.543. The van der Waals surface area contributed by atoms with Crippen LogP contribution >= 0.6 is 0 Å². The highest BCUT2D eigenvalue weighted by Crippen LogP contribution is 2.31. The van der Waals surface area contributed by atoms with Crippen LogP contribution in [0.5, 0.6) is 0 Å². The maximum absolute atomic E-state index is 5.14. The molecule has 0 aliphatic carbocycles. The van der Waals surface area contributed by atoms with Gasteiger partial charge in [-0.25, -0.2) is 4.98 Å². The molecule has 1 fully saturated rings. The third-order valence-electron chi connectivity index (χ3n) is 7.10. The van der Waals surface area contributed by atoms with E-state index in [1.54, 1.807) is 0 Å². The Labute approximate surface area is 199 Å². The summed E-state index contributed by atoms with van der Waals surface area (Å²) in [4.78, 5) is 9.84. The van der Waals surface area contributed by atoms with Crippen LogP contribution < -0.4 is 10.6 Å². The number of benzene rings is 1. The van der Waals surface area contributed by atoms with Crippen LogP contribution in [0.4, 0.5) is 5.69 Å². The van der Waals surface area contributed by atoms with Gasteiger partial charge >= 0.3 is 0 Å². The highest BCUT2D eigenvalue weighted by molar-refractivity contribution is 5.94. The molecule has 2 N–H and O–H groups in total. The molecule has 0 saturated carbocycles. The van der Waals surface area contributed by atoms with Crippen molar-refractivity contribution in [3.63, 3.8) is 0 Å². The average Bonchev–Trinajstić information content (AvgIpc) is 2.79. The number of aromatic nitrogens is 1. The molecule has 1 saturated heterocycles.